The van der Waals surface area contributed by atoms with E-state index in [4.69, 9.17) is 9.47 Å². The van der Waals surface area contributed by atoms with Gasteiger partial charge in [-0.25, -0.2) is 0 Å². The highest BCUT2D eigenvalue weighted by molar-refractivity contribution is 5.79. The largest absolute Gasteiger partial charge is 0.466 e. The van der Waals surface area contributed by atoms with E-state index in [1.165, 1.54) is 37.7 Å². The van der Waals surface area contributed by atoms with Gasteiger partial charge in [-0.05, 0) is 50.2 Å². The van der Waals surface area contributed by atoms with Crippen molar-refractivity contribution in [2.24, 2.45) is 0 Å². The van der Waals surface area contributed by atoms with Crippen LogP contribution in [-0.2, 0) is 19.1 Å². The average Bonchev–Trinajstić information content (AvgIpc) is 2.64. The molecule has 0 saturated heterocycles. The van der Waals surface area contributed by atoms with Crippen LogP contribution in [0.3, 0.4) is 0 Å². The van der Waals surface area contributed by atoms with Crippen LogP contribution in [0.4, 0.5) is 0 Å². The fourth-order valence-corrected chi connectivity index (χ4v) is 3.60. The molecule has 138 valence electrons. The molecule has 0 bridgehead atoms. The van der Waals surface area contributed by atoms with E-state index in [0.717, 1.165) is 5.56 Å². The Morgan fingerprint density at radius 3 is 2.24 bits per heavy atom. The minimum atomic E-state index is -0.412. The second kappa shape index (κ2) is 10.2. The summed E-state index contributed by atoms with van der Waals surface area (Å²) in [5, 5.41) is 0. The highest BCUT2D eigenvalue weighted by Crippen LogP contribution is 2.33. The number of rotatable bonds is 8. The summed E-state index contributed by atoms with van der Waals surface area (Å²) in [6.45, 7) is 4.28. The summed E-state index contributed by atoms with van der Waals surface area (Å²) in [6.07, 6.45) is 7.09. The van der Waals surface area contributed by atoms with Crippen molar-refractivity contribution in [3.63, 3.8) is 0 Å². The Kier molecular flexibility index (Phi) is 7.96. The zero-order valence-electron chi connectivity index (χ0n) is 15.5. The van der Waals surface area contributed by atoms with Gasteiger partial charge in [-0.2, -0.15) is 0 Å². The monoisotopic (exact) mass is 346 g/mol. The molecule has 4 heteroatoms. The standard InChI is InChI=1S/C21H30O4/c1-3-24-20(22)15-14-19(21(23)25-4-2)18-12-10-17(11-13-18)16-8-6-5-7-9-16/h10-13,16,19H,3-9,14-15H2,1-2H3. The molecule has 4 nitrogen and oxygen atoms in total. The summed E-state index contributed by atoms with van der Waals surface area (Å²) in [5.41, 5.74) is 2.28. The van der Waals surface area contributed by atoms with Gasteiger partial charge in [0.25, 0.3) is 0 Å². The maximum atomic E-state index is 12.3. The first-order valence-electron chi connectivity index (χ1n) is 9.57. The van der Waals surface area contributed by atoms with Crippen LogP contribution in [0.5, 0.6) is 0 Å². The van der Waals surface area contributed by atoms with Gasteiger partial charge >= 0.3 is 11.9 Å². The van der Waals surface area contributed by atoms with Crippen LogP contribution in [0.25, 0.3) is 0 Å². The molecule has 2 rings (SSSR count). The van der Waals surface area contributed by atoms with Gasteiger partial charge in [0.1, 0.15) is 0 Å². The van der Waals surface area contributed by atoms with E-state index >= 15 is 0 Å². The van der Waals surface area contributed by atoms with Crippen molar-refractivity contribution in [1.29, 1.82) is 0 Å². The molecule has 0 aromatic heterocycles. The molecule has 1 unspecified atom stereocenters. The van der Waals surface area contributed by atoms with Crippen LogP contribution >= 0.6 is 0 Å². The first-order valence-corrected chi connectivity index (χ1v) is 9.57. The molecule has 0 N–H and O–H groups in total. The van der Waals surface area contributed by atoms with Crippen LogP contribution in [0.2, 0.25) is 0 Å². The lowest BCUT2D eigenvalue weighted by atomic mass is 9.83. The van der Waals surface area contributed by atoms with Gasteiger partial charge in [-0.15, -0.1) is 0 Å². The van der Waals surface area contributed by atoms with E-state index in [2.05, 4.69) is 12.1 Å². The molecule has 0 spiro atoms. The third-order valence-electron chi connectivity index (χ3n) is 4.93. The number of carbonyl (C=O) groups is 2. The smallest absolute Gasteiger partial charge is 0.313 e. The summed E-state index contributed by atoms with van der Waals surface area (Å²) in [7, 11) is 0. The maximum absolute atomic E-state index is 12.3. The number of hydrogen-bond donors (Lipinski definition) is 0. The number of hydrogen-bond acceptors (Lipinski definition) is 4. The molecular formula is C21H30O4. The molecule has 1 aliphatic rings. The lowest BCUT2D eigenvalue weighted by Gasteiger charge is -2.23. The van der Waals surface area contributed by atoms with Crippen molar-refractivity contribution >= 4 is 11.9 Å². The highest BCUT2D eigenvalue weighted by Gasteiger charge is 2.24. The van der Waals surface area contributed by atoms with E-state index < -0.39 is 5.92 Å². The molecule has 1 saturated carbocycles. The summed E-state index contributed by atoms with van der Waals surface area (Å²) >= 11 is 0. The summed E-state index contributed by atoms with van der Waals surface area (Å²) in [5.74, 6) is -0.305. The third-order valence-corrected chi connectivity index (χ3v) is 4.93. The lowest BCUT2D eigenvalue weighted by Crippen LogP contribution is -2.18. The van der Waals surface area contributed by atoms with Crippen molar-refractivity contribution < 1.29 is 19.1 Å². The van der Waals surface area contributed by atoms with Gasteiger partial charge in [0.15, 0.2) is 0 Å². The van der Waals surface area contributed by atoms with Crippen LogP contribution in [0.1, 0.15) is 81.8 Å². The van der Waals surface area contributed by atoms with Crippen LogP contribution in [-0.4, -0.2) is 25.2 Å². The Hall–Kier alpha value is -1.84. The molecule has 0 radical (unpaired) electrons. The number of ether oxygens (including phenoxy) is 2. The normalized spacial score (nSPS) is 16.2. The predicted molar refractivity (Wildman–Crippen MR) is 97.5 cm³/mol. The molecule has 1 aromatic rings. The molecule has 0 heterocycles. The van der Waals surface area contributed by atoms with Gasteiger partial charge in [0.2, 0.25) is 0 Å². The summed E-state index contributed by atoms with van der Waals surface area (Å²) < 4.78 is 10.2. The fourth-order valence-electron chi connectivity index (χ4n) is 3.60. The number of benzene rings is 1. The average molecular weight is 346 g/mol. The second-order valence-electron chi connectivity index (χ2n) is 6.65. The Morgan fingerprint density at radius 2 is 1.64 bits per heavy atom. The van der Waals surface area contributed by atoms with Crippen molar-refractivity contribution in [3.05, 3.63) is 35.4 Å². The van der Waals surface area contributed by atoms with Crippen molar-refractivity contribution in [2.75, 3.05) is 13.2 Å². The minimum absolute atomic E-state index is 0.224. The van der Waals surface area contributed by atoms with Crippen molar-refractivity contribution in [3.8, 4) is 0 Å². The van der Waals surface area contributed by atoms with E-state index in [1.807, 2.05) is 12.1 Å². The van der Waals surface area contributed by atoms with Crippen molar-refractivity contribution in [1.82, 2.24) is 0 Å². The summed E-state index contributed by atoms with van der Waals surface area (Å²) in [6, 6.07) is 8.33. The molecule has 1 aromatic carbocycles. The minimum Gasteiger partial charge on any atom is -0.466 e. The Labute approximate surface area is 150 Å². The van der Waals surface area contributed by atoms with Crippen LogP contribution < -0.4 is 0 Å². The molecule has 1 fully saturated rings. The van der Waals surface area contributed by atoms with Gasteiger partial charge < -0.3 is 9.47 Å². The van der Waals surface area contributed by atoms with Gasteiger partial charge in [-0.1, -0.05) is 43.5 Å². The predicted octanol–water partition coefficient (Wildman–Crippen LogP) is 4.72. The first kappa shape index (κ1) is 19.5. The zero-order chi connectivity index (χ0) is 18.1. The van der Waals surface area contributed by atoms with Gasteiger partial charge in [0.05, 0.1) is 19.1 Å². The lowest BCUT2D eigenvalue weighted by molar-refractivity contribution is -0.146. The maximum Gasteiger partial charge on any atom is 0.313 e. The van der Waals surface area contributed by atoms with Crippen LogP contribution in [0.15, 0.2) is 24.3 Å². The Morgan fingerprint density at radius 1 is 1.00 bits per heavy atom. The van der Waals surface area contributed by atoms with E-state index in [0.29, 0.717) is 25.6 Å². The molecular weight excluding hydrogens is 316 g/mol. The topological polar surface area (TPSA) is 52.6 Å². The van der Waals surface area contributed by atoms with Gasteiger partial charge in [0, 0.05) is 6.42 Å². The zero-order valence-corrected chi connectivity index (χ0v) is 15.5. The molecule has 1 aliphatic carbocycles. The van der Waals surface area contributed by atoms with E-state index in [-0.39, 0.29) is 18.4 Å². The quantitative estimate of drug-likeness (QED) is 0.639. The summed E-state index contributed by atoms with van der Waals surface area (Å²) in [4.78, 5) is 24.0. The van der Waals surface area contributed by atoms with Gasteiger partial charge in [-0.3, -0.25) is 9.59 Å². The number of esters is 2. The Balaban J connectivity index is 2.07. The third kappa shape index (κ3) is 5.87. The SMILES string of the molecule is CCOC(=O)CCC(C(=O)OCC)c1ccc(C2CCCCC2)cc1. The molecule has 1 atom stereocenters. The Bertz CT molecular complexity index is 544. The highest BCUT2D eigenvalue weighted by atomic mass is 16.5. The number of carbonyl (C=O) groups excluding carboxylic acids is 2. The van der Waals surface area contributed by atoms with E-state index in [1.54, 1.807) is 13.8 Å². The molecule has 0 aliphatic heterocycles. The van der Waals surface area contributed by atoms with E-state index in [9.17, 15) is 9.59 Å². The fraction of sp³-hybridized carbons (Fsp3) is 0.619. The molecule has 0 amide bonds. The van der Waals surface area contributed by atoms with Crippen molar-refractivity contribution in [2.45, 2.75) is 70.6 Å². The molecule has 25 heavy (non-hydrogen) atoms. The van der Waals surface area contributed by atoms with Crippen LogP contribution in [0, 0.1) is 0 Å². The second-order valence-corrected chi connectivity index (χ2v) is 6.65. The first-order chi connectivity index (χ1) is 12.2.